The molecule has 31 heavy (non-hydrogen) atoms. The Balaban J connectivity index is 1.63. The van der Waals surface area contributed by atoms with Crippen molar-refractivity contribution in [1.29, 1.82) is 0 Å². The van der Waals surface area contributed by atoms with Crippen molar-refractivity contribution in [2.24, 2.45) is 0 Å². The molecule has 164 valence electrons. The summed E-state index contributed by atoms with van der Waals surface area (Å²) in [6.07, 6.45) is -3.78. The van der Waals surface area contributed by atoms with Crippen molar-refractivity contribution in [3.8, 4) is 22.6 Å². The van der Waals surface area contributed by atoms with Crippen molar-refractivity contribution in [3.05, 3.63) is 83.4 Å². The summed E-state index contributed by atoms with van der Waals surface area (Å²) >= 11 is 0. The maximum Gasteiger partial charge on any atom is 0.398 e. The smallest absolute Gasteiger partial charge is 0.398 e. The van der Waals surface area contributed by atoms with Gasteiger partial charge in [-0.2, -0.15) is 13.2 Å². The molecule has 0 aliphatic carbocycles. The quantitative estimate of drug-likeness (QED) is 0.333. The van der Waals surface area contributed by atoms with Gasteiger partial charge in [0.25, 0.3) is 0 Å². The van der Waals surface area contributed by atoms with Gasteiger partial charge in [-0.3, -0.25) is 0 Å². The first kappa shape index (κ1) is 22.7. The van der Waals surface area contributed by atoms with Crippen LogP contribution in [0.25, 0.3) is 11.1 Å². The van der Waals surface area contributed by atoms with Crippen LogP contribution >= 0.6 is 0 Å². The van der Waals surface area contributed by atoms with E-state index in [-0.39, 0.29) is 30.1 Å². The summed E-state index contributed by atoms with van der Waals surface area (Å²) in [5, 5.41) is 0. The fourth-order valence-electron chi connectivity index (χ4n) is 3.18. The van der Waals surface area contributed by atoms with Crippen LogP contribution in [0.4, 0.5) is 17.6 Å². The van der Waals surface area contributed by atoms with Gasteiger partial charge in [0.05, 0.1) is 13.0 Å². The van der Waals surface area contributed by atoms with Crippen LogP contribution in [0.1, 0.15) is 31.4 Å². The molecule has 0 heterocycles. The van der Waals surface area contributed by atoms with Gasteiger partial charge in [0.15, 0.2) is 11.6 Å². The molecule has 3 aromatic rings. The van der Waals surface area contributed by atoms with E-state index in [9.17, 15) is 17.6 Å². The summed E-state index contributed by atoms with van der Waals surface area (Å²) in [4.78, 5) is 0. The Labute approximate surface area is 179 Å². The molecule has 0 atom stereocenters. The zero-order chi connectivity index (χ0) is 22.4. The lowest BCUT2D eigenvalue weighted by Crippen LogP contribution is -2.25. The molecule has 0 unspecified atom stereocenters. The number of benzene rings is 3. The van der Waals surface area contributed by atoms with Gasteiger partial charge in [-0.05, 0) is 60.2 Å². The van der Waals surface area contributed by atoms with E-state index in [0.29, 0.717) is 0 Å². The molecule has 0 bridgehead atoms. The Kier molecular flexibility index (Phi) is 7.21. The van der Waals surface area contributed by atoms with E-state index in [1.54, 1.807) is 19.1 Å². The predicted octanol–water partition coefficient (Wildman–Crippen LogP) is 7.20. The topological polar surface area (TPSA) is 18.5 Å². The van der Waals surface area contributed by atoms with E-state index in [4.69, 9.17) is 9.47 Å². The molecule has 3 rings (SSSR count). The molecule has 0 amide bonds. The third kappa shape index (κ3) is 5.78. The molecule has 0 N–H and O–H groups in total. The summed E-state index contributed by atoms with van der Waals surface area (Å²) in [6.45, 7) is 3.88. The SMILES string of the molecule is CCOc1ccc(CCC(F)(F)Oc2ccc(-c3ccc(CC)cc3)cc2)c(F)c1F. The lowest BCUT2D eigenvalue weighted by atomic mass is 10.0. The molecule has 0 saturated heterocycles. The second-order valence-corrected chi connectivity index (χ2v) is 7.10. The van der Waals surface area contributed by atoms with Gasteiger partial charge in [-0.15, -0.1) is 0 Å². The Hall–Kier alpha value is -3.02. The molecular weight excluding hydrogens is 408 g/mol. The Morgan fingerprint density at radius 2 is 1.39 bits per heavy atom. The van der Waals surface area contributed by atoms with Crippen molar-refractivity contribution in [2.75, 3.05) is 6.61 Å². The molecule has 0 aliphatic rings. The van der Waals surface area contributed by atoms with Crippen LogP contribution in [0, 0.1) is 11.6 Å². The predicted molar refractivity (Wildman–Crippen MR) is 113 cm³/mol. The van der Waals surface area contributed by atoms with Crippen molar-refractivity contribution in [1.82, 2.24) is 0 Å². The van der Waals surface area contributed by atoms with Crippen molar-refractivity contribution < 1.29 is 27.0 Å². The van der Waals surface area contributed by atoms with Crippen LogP contribution in [0.15, 0.2) is 60.7 Å². The molecular formula is C25H24F4O2. The highest BCUT2D eigenvalue weighted by molar-refractivity contribution is 5.64. The van der Waals surface area contributed by atoms with E-state index in [1.165, 1.54) is 29.8 Å². The zero-order valence-corrected chi connectivity index (χ0v) is 17.4. The van der Waals surface area contributed by atoms with Gasteiger partial charge in [0.2, 0.25) is 5.82 Å². The van der Waals surface area contributed by atoms with Crippen LogP contribution < -0.4 is 9.47 Å². The van der Waals surface area contributed by atoms with Gasteiger partial charge in [0, 0.05) is 0 Å². The minimum Gasteiger partial charge on any atom is -0.491 e. The van der Waals surface area contributed by atoms with Crippen LogP contribution in [-0.4, -0.2) is 12.7 Å². The van der Waals surface area contributed by atoms with E-state index in [0.717, 1.165) is 17.5 Å². The lowest BCUT2D eigenvalue weighted by Gasteiger charge is -2.18. The highest BCUT2D eigenvalue weighted by Crippen LogP contribution is 2.30. The molecule has 0 radical (unpaired) electrons. The molecule has 3 aromatic carbocycles. The molecule has 0 aliphatic heterocycles. The van der Waals surface area contributed by atoms with Crippen LogP contribution in [0.5, 0.6) is 11.5 Å². The fourth-order valence-corrected chi connectivity index (χ4v) is 3.18. The second kappa shape index (κ2) is 9.86. The average Bonchev–Trinajstić information content (AvgIpc) is 2.77. The highest BCUT2D eigenvalue weighted by atomic mass is 19.3. The first-order chi connectivity index (χ1) is 14.8. The molecule has 6 heteroatoms. The zero-order valence-electron chi connectivity index (χ0n) is 17.4. The molecule has 0 saturated carbocycles. The first-order valence-corrected chi connectivity index (χ1v) is 10.2. The molecule has 0 spiro atoms. The number of halogens is 4. The third-order valence-electron chi connectivity index (χ3n) is 4.93. The summed E-state index contributed by atoms with van der Waals surface area (Å²) in [5.74, 6) is -2.60. The summed E-state index contributed by atoms with van der Waals surface area (Å²) in [6, 6.07) is 16.8. The maximum atomic E-state index is 14.3. The molecule has 0 fully saturated rings. The van der Waals surface area contributed by atoms with Crippen molar-refractivity contribution in [3.63, 3.8) is 0 Å². The number of hydrogen-bond donors (Lipinski definition) is 0. The fraction of sp³-hybridized carbons (Fsp3) is 0.280. The van der Waals surface area contributed by atoms with Gasteiger partial charge < -0.3 is 9.47 Å². The Bertz CT molecular complexity index is 999. The van der Waals surface area contributed by atoms with E-state index in [2.05, 4.69) is 6.92 Å². The second-order valence-electron chi connectivity index (χ2n) is 7.10. The number of rotatable bonds is 9. The average molecular weight is 432 g/mol. The first-order valence-electron chi connectivity index (χ1n) is 10.2. The van der Waals surface area contributed by atoms with Gasteiger partial charge in [-0.1, -0.05) is 49.4 Å². The minimum atomic E-state index is -3.54. The Morgan fingerprint density at radius 3 is 1.97 bits per heavy atom. The number of aryl methyl sites for hydroxylation is 2. The van der Waals surface area contributed by atoms with Crippen LogP contribution in [0.2, 0.25) is 0 Å². The number of ether oxygens (including phenoxy) is 2. The van der Waals surface area contributed by atoms with E-state index < -0.39 is 24.2 Å². The van der Waals surface area contributed by atoms with Gasteiger partial charge in [-0.25, -0.2) is 4.39 Å². The minimum absolute atomic E-state index is 0.00252. The standard InChI is InChI=1S/C25H24F4O2/c1-3-17-5-7-18(8-6-17)19-9-12-21(13-10-19)31-25(28,29)16-15-20-11-14-22(30-4-2)24(27)23(20)26/h5-14H,3-4,15-16H2,1-2H3. The van der Waals surface area contributed by atoms with Crippen molar-refractivity contribution in [2.45, 2.75) is 39.2 Å². The molecule has 2 nitrogen and oxygen atoms in total. The maximum absolute atomic E-state index is 14.3. The normalized spacial score (nSPS) is 11.4. The summed E-state index contributed by atoms with van der Waals surface area (Å²) in [7, 11) is 0. The summed E-state index contributed by atoms with van der Waals surface area (Å²) in [5.41, 5.74) is 2.91. The van der Waals surface area contributed by atoms with Crippen molar-refractivity contribution >= 4 is 0 Å². The Morgan fingerprint density at radius 1 is 0.774 bits per heavy atom. The number of alkyl halides is 2. The van der Waals surface area contributed by atoms with E-state index >= 15 is 0 Å². The van der Waals surface area contributed by atoms with Gasteiger partial charge >= 0.3 is 6.11 Å². The number of hydrogen-bond acceptors (Lipinski definition) is 2. The van der Waals surface area contributed by atoms with Gasteiger partial charge in [0.1, 0.15) is 5.75 Å². The largest absolute Gasteiger partial charge is 0.491 e. The lowest BCUT2D eigenvalue weighted by molar-refractivity contribution is -0.180. The highest BCUT2D eigenvalue weighted by Gasteiger charge is 2.32. The third-order valence-corrected chi connectivity index (χ3v) is 4.93. The monoisotopic (exact) mass is 432 g/mol. The van der Waals surface area contributed by atoms with E-state index in [1.807, 2.05) is 24.3 Å². The van der Waals surface area contributed by atoms with Crippen LogP contribution in [0.3, 0.4) is 0 Å². The summed E-state index contributed by atoms with van der Waals surface area (Å²) < 4.78 is 66.3. The molecule has 0 aromatic heterocycles. The van der Waals surface area contributed by atoms with Crippen LogP contribution in [-0.2, 0) is 12.8 Å².